The minimum Gasteiger partial charge on any atom is -0.311 e. The van der Waals surface area contributed by atoms with Gasteiger partial charge in [0, 0.05) is 12.1 Å². The zero-order chi connectivity index (χ0) is 12.4. The van der Waals surface area contributed by atoms with Gasteiger partial charge in [-0.3, -0.25) is 0 Å². The summed E-state index contributed by atoms with van der Waals surface area (Å²) in [5.41, 5.74) is 0. The third-order valence-corrected chi connectivity index (χ3v) is 2.97. The van der Waals surface area contributed by atoms with Crippen molar-refractivity contribution in [1.82, 2.24) is 10.2 Å². The molecule has 2 atom stereocenters. The van der Waals surface area contributed by atoms with Crippen LogP contribution in [0.15, 0.2) is 0 Å². The normalized spacial score (nSPS) is 14.8. The van der Waals surface area contributed by atoms with Crippen LogP contribution in [0.2, 0.25) is 0 Å². The summed E-state index contributed by atoms with van der Waals surface area (Å²) < 4.78 is 0. The van der Waals surface area contributed by atoms with Crippen LogP contribution in [0, 0.1) is 11.3 Å². The highest BCUT2D eigenvalue weighted by Gasteiger charge is 2.07. The molecule has 0 saturated carbocycles. The number of hydrogen-bond acceptors (Lipinski definition) is 3. The van der Waals surface area contributed by atoms with Gasteiger partial charge in [-0.25, -0.2) is 0 Å². The Labute approximate surface area is 101 Å². The first-order chi connectivity index (χ1) is 7.63. The van der Waals surface area contributed by atoms with Crippen molar-refractivity contribution in [3.8, 4) is 6.07 Å². The molecule has 0 saturated heterocycles. The summed E-state index contributed by atoms with van der Waals surface area (Å²) in [6.45, 7) is 12.2. The van der Waals surface area contributed by atoms with E-state index in [0.717, 1.165) is 13.1 Å². The maximum atomic E-state index is 8.57. The van der Waals surface area contributed by atoms with E-state index in [0.29, 0.717) is 18.5 Å². The van der Waals surface area contributed by atoms with Gasteiger partial charge in [-0.05, 0) is 46.3 Å². The smallest absolute Gasteiger partial charge is 0.0638 e. The van der Waals surface area contributed by atoms with E-state index in [1.165, 1.54) is 19.4 Å². The van der Waals surface area contributed by atoms with Crippen LogP contribution in [-0.4, -0.2) is 36.6 Å². The molecule has 0 aliphatic heterocycles. The fraction of sp³-hybridized carbons (Fsp3) is 0.923. The van der Waals surface area contributed by atoms with E-state index in [-0.39, 0.29) is 0 Å². The molecule has 0 fully saturated rings. The van der Waals surface area contributed by atoms with Crippen molar-refractivity contribution >= 4 is 0 Å². The Morgan fingerprint density at radius 2 is 1.81 bits per heavy atom. The van der Waals surface area contributed by atoms with Crippen LogP contribution in [0.4, 0.5) is 0 Å². The van der Waals surface area contributed by atoms with Crippen LogP contribution in [0.1, 0.15) is 47.0 Å². The standard InChI is InChI=1S/C13H27N3/c1-5-16(6-2)11-7-8-12(3)15-13(4)9-10-14/h12-13,15H,5-9,11H2,1-4H3. The Morgan fingerprint density at radius 3 is 2.31 bits per heavy atom. The highest BCUT2D eigenvalue weighted by atomic mass is 15.1. The molecule has 0 aliphatic rings. The summed E-state index contributed by atoms with van der Waals surface area (Å²) >= 11 is 0. The molecule has 3 heteroatoms. The first-order valence-electron chi connectivity index (χ1n) is 6.49. The molecule has 0 aliphatic carbocycles. The molecule has 0 spiro atoms. The maximum absolute atomic E-state index is 8.57. The van der Waals surface area contributed by atoms with E-state index in [1.807, 2.05) is 0 Å². The first kappa shape index (κ1) is 15.4. The van der Waals surface area contributed by atoms with Crippen molar-refractivity contribution < 1.29 is 0 Å². The Hall–Kier alpha value is -0.590. The molecule has 0 heterocycles. The molecule has 3 nitrogen and oxygen atoms in total. The van der Waals surface area contributed by atoms with Gasteiger partial charge >= 0.3 is 0 Å². The predicted octanol–water partition coefficient (Wildman–Crippen LogP) is 2.39. The number of nitrogens with one attached hydrogen (secondary N) is 1. The lowest BCUT2D eigenvalue weighted by molar-refractivity contribution is 0.288. The van der Waals surface area contributed by atoms with Crippen molar-refractivity contribution in [1.29, 1.82) is 5.26 Å². The van der Waals surface area contributed by atoms with Gasteiger partial charge in [0.05, 0.1) is 12.5 Å². The molecule has 2 unspecified atom stereocenters. The average molecular weight is 225 g/mol. The molecule has 16 heavy (non-hydrogen) atoms. The van der Waals surface area contributed by atoms with Crippen LogP contribution in [0.5, 0.6) is 0 Å². The Balaban J connectivity index is 3.57. The van der Waals surface area contributed by atoms with E-state index in [1.54, 1.807) is 0 Å². The van der Waals surface area contributed by atoms with Crippen LogP contribution in [0.25, 0.3) is 0 Å². The Morgan fingerprint density at radius 1 is 1.19 bits per heavy atom. The highest BCUT2D eigenvalue weighted by molar-refractivity contribution is 4.79. The fourth-order valence-corrected chi connectivity index (χ4v) is 1.93. The van der Waals surface area contributed by atoms with Crippen molar-refractivity contribution in [3.05, 3.63) is 0 Å². The number of nitrogens with zero attached hydrogens (tertiary/aromatic N) is 2. The second-order valence-electron chi connectivity index (χ2n) is 4.50. The summed E-state index contributed by atoms with van der Waals surface area (Å²) in [5, 5.41) is 12.0. The van der Waals surface area contributed by atoms with Crippen LogP contribution < -0.4 is 5.32 Å². The molecule has 0 amide bonds. The van der Waals surface area contributed by atoms with Gasteiger partial charge in [-0.2, -0.15) is 5.26 Å². The molecule has 0 aromatic rings. The van der Waals surface area contributed by atoms with Crippen molar-refractivity contribution in [2.24, 2.45) is 0 Å². The van der Waals surface area contributed by atoms with Crippen molar-refractivity contribution in [3.63, 3.8) is 0 Å². The molecule has 0 aromatic carbocycles. The van der Waals surface area contributed by atoms with Gasteiger partial charge in [-0.1, -0.05) is 13.8 Å². The Kier molecular flexibility index (Phi) is 9.27. The van der Waals surface area contributed by atoms with Crippen LogP contribution >= 0.6 is 0 Å². The zero-order valence-electron chi connectivity index (χ0n) is 11.3. The first-order valence-corrected chi connectivity index (χ1v) is 6.49. The largest absolute Gasteiger partial charge is 0.311 e. The summed E-state index contributed by atoms with van der Waals surface area (Å²) in [4.78, 5) is 2.45. The molecule has 0 aromatic heterocycles. The molecule has 94 valence electrons. The predicted molar refractivity (Wildman–Crippen MR) is 69.3 cm³/mol. The van der Waals surface area contributed by atoms with E-state index < -0.39 is 0 Å². The minimum atomic E-state index is 0.313. The molecular formula is C13H27N3. The third-order valence-electron chi connectivity index (χ3n) is 2.97. The van der Waals surface area contributed by atoms with E-state index in [4.69, 9.17) is 5.26 Å². The van der Waals surface area contributed by atoms with E-state index in [2.05, 4.69) is 44.0 Å². The number of rotatable bonds is 9. The third kappa shape index (κ3) is 7.67. The lowest BCUT2D eigenvalue weighted by Gasteiger charge is -2.21. The van der Waals surface area contributed by atoms with Gasteiger partial charge in [0.2, 0.25) is 0 Å². The van der Waals surface area contributed by atoms with Crippen LogP contribution in [-0.2, 0) is 0 Å². The van der Waals surface area contributed by atoms with Gasteiger partial charge < -0.3 is 10.2 Å². The number of nitriles is 1. The maximum Gasteiger partial charge on any atom is 0.0638 e. The van der Waals surface area contributed by atoms with Gasteiger partial charge in [0.1, 0.15) is 0 Å². The quantitative estimate of drug-likeness (QED) is 0.655. The van der Waals surface area contributed by atoms with E-state index in [9.17, 15) is 0 Å². The fourth-order valence-electron chi connectivity index (χ4n) is 1.93. The SMILES string of the molecule is CCN(CC)CCCC(C)NC(C)CC#N. The second-order valence-corrected chi connectivity index (χ2v) is 4.50. The lowest BCUT2D eigenvalue weighted by Crippen LogP contribution is -2.35. The molecule has 0 rings (SSSR count). The summed E-state index contributed by atoms with van der Waals surface area (Å²) in [5.74, 6) is 0. The summed E-state index contributed by atoms with van der Waals surface area (Å²) in [6.07, 6.45) is 3.02. The molecule has 0 radical (unpaired) electrons. The van der Waals surface area contributed by atoms with Gasteiger partial charge in [0.15, 0.2) is 0 Å². The topological polar surface area (TPSA) is 39.1 Å². The van der Waals surface area contributed by atoms with Crippen LogP contribution in [0.3, 0.4) is 0 Å². The summed E-state index contributed by atoms with van der Waals surface area (Å²) in [6, 6.07) is 3.02. The lowest BCUT2D eigenvalue weighted by atomic mass is 10.1. The van der Waals surface area contributed by atoms with Crippen molar-refractivity contribution in [2.75, 3.05) is 19.6 Å². The van der Waals surface area contributed by atoms with Gasteiger partial charge in [0.25, 0.3) is 0 Å². The molecule has 0 bridgehead atoms. The summed E-state index contributed by atoms with van der Waals surface area (Å²) in [7, 11) is 0. The number of hydrogen-bond donors (Lipinski definition) is 1. The van der Waals surface area contributed by atoms with E-state index >= 15 is 0 Å². The monoisotopic (exact) mass is 225 g/mol. The second kappa shape index (κ2) is 9.62. The molecule has 1 N–H and O–H groups in total. The minimum absolute atomic E-state index is 0.313. The average Bonchev–Trinajstić information content (AvgIpc) is 2.24. The Bertz CT molecular complexity index is 194. The molecular weight excluding hydrogens is 198 g/mol. The zero-order valence-corrected chi connectivity index (χ0v) is 11.3. The van der Waals surface area contributed by atoms with Gasteiger partial charge in [-0.15, -0.1) is 0 Å². The van der Waals surface area contributed by atoms with Crippen molar-refractivity contribution in [2.45, 2.75) is 59.0 Å². The highest BCUT2D eigenvalue weighted by Crippen LogP contribution is 2.01.